The molecule has 2 aromatic rings. The Bertz CT molecular complexity index is 804. The van der Waals surface area contributed by atoms with Crippen LogP contribution in [0.1, 0.15) is 42.5 Å². The molecule has 2 N–H and O–H groups in total. The van der Waals surface area contributed by atoms with E-state index in [-0.39, 0.29) is 12.5 Å². The third-order valence-corrected chi connectivity index (χ3v) is 4.16. The van der Waals surface area contributed by atoms with E-state index in [4.69, 9.17) is 15.0 Å². The summed E-state index contributed by atoms with van der Waals surface area (Å²) < 4.78 is 26.9. The lowest BCUT2D eigenvalue weighted by Gasteiger charge is -2.29. The molecular formula is C20H21F2NO4. The molecule has 1 fully saturated rings. The third kappa shape index (κ3) is 5.34. The van der Waals surface area contributed by atoms with E-state index in [0.29, 0.717) is 18.5 Å². The van der Waals surface area contributed by atoms with E-state index in [1.54, 1.807) is 17.0 Å². The van der Waals surface area contributed by atoms with Gasteiger partial charge in [-0.3, -0.25) is 9.59 Å². The zero-order valence-corrected chi connectivity index (χ0v) is 14.9. The van der Waals surface area contributed by atoms with Crippen molar-refractivity contribution in [1.29, 1.82) is 0 Å². The molecule has 1 unspecified atom stereocenters. The number of carboxylic acids is 1. The monoisotopic (exact) mass is 377 g/mol. The smallest absolute Gasteiger partial charge is 0.300 e. The van der Waals surface area contributed by atoms with Gasteiger partial charge in [0.05, 0.1) is 12.6 Å². The van der Waals surface area contributed by atoms with Crippen LogP contribution in [0.4, 0.5) is 8.78 Å². The first-order valence-electron chi connectivity index (χ1n) is 8.47. The summed E-state index contributed by atoms with van der Waals surface area (Å²) in [6, 6.07) is 10.4. The number of nitrogens with zero attached hydrogens (tertiary/aromatic N) is 1. The van der Waals surface area contributed by atoms with Crippen LogP contribution >= 0.6 is 0 Å². The number of likely N-dealkylation sites (tertiary alicyclic amines) is 1. The molecule has 0 bridgehead atoms. The van der Waals surface area contributed by atoms with Gasteiger partial charge >= 0.3 is 0 Å². The van der Waals surface area contributed by atoms with Gasteiger partial charge in [0.25, 0.3) is 5.97 Å². The van der Waals surface area contributed by atoms with E-state index >= 15 is 0 Å². The Morgan fingerprint density at radius 1 is 1.11 bits per heavy atom. The molecule has 1 aliphatic heterocycles. The second-order valence-electron chi connectivity index (χ2n) is 6.19. The number of halogens is 2. The average Bonchev–Trinajstić information content (AvgIpc) is 3.04. The van der Waals surface area contributed by atoms with Gasteiger partial charge in [-0.25, -0.2) is 8.78 Å². The summed E-state index contributed by atoms with van der Waals surface area (Å²) in [6.45, 7) is 1.60. The number of carbonyl (C=O) groups is 2. The molecule has 1 saturated heterocycles. The van der Waals surface area contributed by atoms with Crippen molar-refractivity contribution >= 4 is 11.9 Å². The molecule has 1 amide bonds. The normalized spacial score (nSPS) is 14.5. The van der Waals surface area contributed by atoms with Gasteiger partial charge in [-0.05, 0) is 35.2 Å². The fourth-order valence-electron chi connectivity index (χ4n) is 2.98. The van der Waals surface area contributed by atoms with Gasteiger partial charge < -0.3 is 15.1 Å². The van der Waals surface area contributed by atoms with Gasteiger partial charge in [-0.2, -0.15) is 0 Å². The minimum atomic E-state index is -0.925. The Hall–Kier alpha value is -2.80. The number of hydrogen-bond donors (Lipinski definition) is 2. The molecule has 0 aromatic heterocycles. The van der Waals surface area contributed by atoms with Crippen molar-refractivity contribution in [3.8, 4) is 0 Å². The van der Waals surface area contributed by atoms with Crippen molar-refractivity contribution in [3.05, 3.63) is 70.8 Å². The fraction of sp³-hybridized carbons (Fsp3) is 0.300. The molecule has 3 rings (SSSR count). The van der Waals surface area contributed by atoms with E-state index in [0.717, 1.165) is 36.6 Å². The number of aliphatic hydroxyl groups excluding tert-OH is 1. The second kappa shape index (κ2) is 9.23. The van der Waals surface area contributed by atoms with Crippen molar-refractivity contribution < 1.29 is 28.6 Å². The topological polar surface area (TPSA) is 77.8 Å². The maximum Gasteiger partial charge on any atom is 0.300 e. The summed E-state index contributed by atoms with van der Waals surface area (Å²) in [6.07, 6.45) is 1.22. The van der Waals surface area contributed by atoms with E-state index in [2.05, 4.69) is 0 Å². The highest BCUT2D eigenvalue weighted by atomic mass is 19.2. The number of amides is 1. The van der Waals surface area contributed by atoms with Gasteiger partial charge in [-0.15, -0.1) is 0 Å². The Kier molecular flexibility index (Phi) is 7.01. The molecule has 1 atom stereocenters. The first-order chi connectivity index (χ1) is 12.8. The molecule has 7 heteroatoms. The predicted molar refractivity (Wildman–Crippen MR) is 94.8 cm³/mol. The molecule has 0 saturated carbocycles. The molecule has 1 heterocycles. The maximum atomic E-state index is 13.6. The minimum absolute atomic E-state index is 0.00553. The van der Waals surface area contributed by atoms with Crippen LogP contribution in [0, 0.1) is 11.6 Å². The van der Waals surface area contributed by atoms with Crippen molar-refractivity contribution in [3.63, 3.8) is 0 Å². The molecule has 2 aromatic carbocycles. The lowest BCUT2D eigenvalue weighted by Crippen LogP contribution is -2.30. The highest BCUT2D eigenvalue weighted by molar-refractivity contribution is 5.79. The van der Waals surface area contributed by atoms with Crippen molar-refractivity contribution in [2.45, 2.75) is 32.4 Å². The van der Waals surface area contributed by atoms with E-state index in [1.165, 1.54) is 6.07 Å². The maximum absolute atomic E-state index is 13.6. The van der Waals surface area contributed by atoms with Crippen LogP contribution in [-0.4, -0.2) is 33.5 Å². The van der Waals surface area contributed by atoms with Crippen molar-refractivity contribution in [2.75, 3.05) is 6.54 Å². The molecule has 0 radical (unpaired) electrons. The summed E-state index contributed by atoms with van der Waals surface area (Å²) in [4.78, 5) is 22.9. The number of aliphatic hydroxyl groups is 1. The molecular weight excluding hydrogens is 356 g/mol. The summed E-state index contributed by atoms with van der Waals surface area (Å²) >= 11 is 0. The van der Waals surface area contributed by atoms with Crippen LogP contribution in [0.25, 0.3) is 0 Å². The van der Waals surface area contributed by atoms with E-state index in [1.807, 2.05) is 12.1 Å². The first kappa shape index (κ1) is 20.5. The summed E-state index contributed by atoms with van der Waals surface area (Å²) in [7, 11) is 0. The Labute approximate surface area is 155 Å². The third-order valence-electron chi connectivity index (χ3n) is 4.16. The summed E-state index contributed by atoms with van der Waals surface area (Å²) in [5.41, 5.74) is 2.10. The van der Waals surface area contributed by atoms with Crippen LogP contribution in [0.2, 0.25) is 0 Å². The molecule has 144 valence electrons. The van der Waals surface area contributed by atoms with Crippen LogP contribution in [0.3, 0.4) is 0 Å². The predicted octanol–water partition coefficient (Wildman–Crippen LogP) is 3.26. The molecule has 27 heavy (non-hydrogen) atoms. The SMILES string of the molecule is CC(=O)O.O=C1CCCN1C(c1ccc(CO)cc1)c1ccc(F)c(F)c1. The van der Waals surface area contributed by atoms with Crippen LogP contribution in [0.5, 0.6) is 0 Å². The summed E-state index contributed by atoms with van der Waals surface area (Å²) in [5, 5.41) is 16.6. The lowest BCUT2D eigenvalue weighted by atomic mass is 9.96. The quantitative estimate of drug-likeness (QED) is 0.857. The lowest BCUT2D eigenvalue weighted by molar-refractivity contribution is -0.134. The fourth-order valence-corrected chi connectivity index (χ4v) is 2.98. The van der Waals surface area contributed by atoms with Gasteiger partial charge in [-0.1, -0.05) is 30.3 Å². The Morgan fingerprint density at radius 2 is 1.70 bits per heavy atom. The Balaban J connectivity index is 0.000000596. The molecule has 0 spiro atoms. The number of hydrogen-bond acceptors (Lipinski definition) is 3. The minimum Gasteiger partial charge on any atom is -0.481 e. The largest absolute Gasteiger partial charge is 0.481 e. The number of benzene rings is 2. The van der Waals surface area contributed by atoms with Crippen molar-refractivity contribution in [1.82, 2.24) is 4.90 Å². The molecule has 1 aliphatic rings. The number of aliphatic carboxylic acids is 1. The second-order valence-corrected chi connectivity index (χ2v) is 6.19. The average molecular weight is 377 g/mol. The zero-order valence-electron chi connectivity index (χ0n) is 14.9. The van der Waals surface area contributed by atoms with Gasteiger partial charge in [0.15, 0.2) is 11.6 Å². The molecule has 5 nitrogen and oxygen atoms in total. The number of rotatable bonds is 4. The van der Waals surface area contributed by atoms with Crippen LogP contribution in [-0.2, 0) is 16.2 Å². The first-order valence-corrected chi connectivity index (χ1v) is 8.47. The van der Waals surface area contributed by atoms with Gasteiger partial charge in [0.2, 0.25) is 5.91 Å². The molecule has 0 aliphatic carbocycles. The summed E-state index contributed by atoms with van der Waals surface area (Å²) in [5.74, 6) is -2.66. The van der Waals surface area contributed by atoms with Gasteiger partial charge in [0.1, 0.15) is 0 Å². The zero-order chi connectivity index (χ0) is 20.0. The Morgan fingerprint density at radius 3 is 2.19 bits per heavy atom. The number of carboxylic acid groups (broad SMARTS) is 1. The van der Waals surface area contributed by atoms with Crippen molar-refractivity contribution in [2.24, 2.45) is 0 Å². The van der Waals surface area contributed by atoms with Crippen LogP contribution < -0.4 is 0 Å². The van der Waals surface area contributed by atoms with E-state index < -0.39 is 23.6 Å². The number of carbonyl (C=O) groups excluding carboxylic acids is 1. The van der Waals surface area contributed by atoms with Gasteiger partial charge in [0, 0.05) is 19.9 Å². The van der Waals surface area contributed by atoms with E-state index in [9.17, 15) is 13.6 Å². The standard InChI is InChI=1S/C18H17F2NO2.C2H4O2/c19-15-8-7-14(10-16(15)20)18(21-9-1-2-17(21)23)13-5-3-12(11-22)4-6-13;1-2(3)4/h3-8,10,18,22H,1-2,9,11H2;1H3,(H,3,4). The van der Waals surface area contributed by atoms with Crippen LogP contribution in [0.15, 0.2) is 42.5 Å². The highest BCUT2D eigenvalue weighted by Crippen LogP contribution is 2.33. The highest BCUT2D eigenvalue weighted by Gasteiger charge is 2.30.